The molecule has 0 atom stereocenters. The standard InChI is InChI=1S/C18H14N6O/c19-8-13-3-1-5-16(7-13)24-18-22-11-15(12-23-18)17(25)21-10-14-4-2-6-20-9-14/h1-7,9,11-12H,10H2,(H,21,25)(H,22,23,24). The first-order chi connectivity index (χ1) is 12.2. The maximum atomic E-state index is 12.1. The fraction of sp³-hybridized carbons (Fsp3) is 0.0556. The molecule has 3 aromatic rings. The van der Waals surface area contributed by atoms with E-state index >= 15 is 0 Å². The maximum Gasteiger partial charge on any atom is 0.254 e. The molecule has 0 radical (unpaired) electrons. The minimum atomic E-state index is -0.262. The zero-order valence-electron chi connectivity index (χ0n) is 13.2. The third kappa shape index (κ3) is 4.36. The van der Waals surface area contributed by atoms with Crippen LogP contribution in [-0.4, -0.2) is 20.9 Å². The molecule has 2 heterocycles. The van der Waals surface area contributed by atoms with Crippen molar-refractivity contribution in [2.75, 3.05) is 5.32 Å². The highest BCUT2D eigenvalue weighted by molar-refractivity contribution is 5.93. The highest BCUT2D eigenvalue weighted by atomic mass is 16.1. The number of nitriles is 1. The minimum absolute atomic E-state index is 0.262. The monoisotopic (exact) mass is 330 g/mol. The molecule has 0 aliphatic rings. The molecule has 0 spiro atoms. The van der Waals surface area contributed by atoms with Gasteiger partial charge in [-0.3, -0.25) is 9.78 Å². The Kier molecular flexibility index (Phi) is 4.93. The van der Waals surface area contributed by atoms with E-state index in [-0.39, 0.29) is 5.91 Å². The number of hydrogen-bond donors (Lipinski definition) is 2. The first-order valence-electron chi connectivity index (χ1n) is 7.51. The van der Waals surface area contributed by atoms with Crippen molar-refractivity contribution in [1.82, 2.24) is 20.3 Å². The zero-order chi connectivity index (χ0) is 17.5. The van der Waals surface area contributed by atoms with E-state index < -0.39 is 0 Å². The third-order valence-corrected chi connectivity index (χ3v) is 3.34. The van der Waals surface area contributed by atoms with E-state index in [2.05, 4.69) is 31.7 Å². The fourth-order valence-electron chi connectivity index (χ4n) is 2.09. The van der Waals surface area contributed by atoms with Gasteiger partial charge in [-0.15, -0.1) is 0 Å². The van der Waals surface area contributed by atoms with Gasteiger partial charge in [-0.1, -0.05) is 12.1 Å². The van der Waals surface area contributed by atoms with Gasteiger partial charge in [-0.05, 0) is 29.8 Å². The van der Waals surface area contributed by atoms with Crippen LogP contribution < -0.4 is 10.6 Å². The van der Waals surface area contributed by atoms with Crippen molar-refractivity contribution in [2.24, 2.45) is 0 Å². The third-order valence-electron chi connectivity index (χ3n) is 3.34. The Balaban J connectivity index is 1.61. The average molecular weight is 330 g/mol. The molecular formula is C18H14N6O. The largest absolute Gasteiger partial charge is 0.348 e. The summed E-state index contributed by atoms with van der Waals surface area (Å²) in [4.78, 5) is 24.4. The highest BCUT2D eigenvalue weighted by Gasteiger charge is 2.07. The van der Waals surface area contributed by atoms with E-state index in [0.29, 0.717) is 29.3 Å². The quantitative estimate of drug-likeness (QED) is 0.744. The molecule has 1 amide bonds. The van der Waals surface area contributed by atoms with Crippen LogP contribution in [0.5, 0.6) is 0 Å². The zero-order valence-corrected chi connectivity index (χ0v) is 13.2. The second-order valence-electron chi connectivity index (χ2n) is 5.16. The summed E-state index contributed by atoms with van der Waals surface area (Å²) in [5, 5.41) is 14.7. The molecule has 2 aromatic heterocycles. The van der Waals surface area contributed by atoms with Crippen LogP contribution in [-0.2, 0) is 6.54 Å². The van der Waals surface area contributed by atoms with E-state index in [1.54, 1.807) is 36.7 Å². The highest BCUT2D eigenvalue weighted by Crippen LogP contribution is 2.14. The number of pyridine rings is 1. The van der Waals surface area contributed by atoms with Crippen molar-refractivity contribution < 1.29 is 4.79 Å². The van der Waals surface area contributed by atoms with Gasteiger partial charge in [0.05, 0.1) is 17.2 Å². The molecule has 122 valence electrons. The number of anilines is 2. The molecule has 1 aromatic carbocycles. The fourth-order valence-corrected chi connectivity index (χ4v) is 2.09. The van der Waals surface area contributed by atoms with Gasteiger partial charge in [0.2, 0.25) is 5.95 Å². The van der Waals surface area contributed by atoms with Crippen LogP contribution in [0.1, 0.15) is 21.5 Å². The van der Waals surface area contributed by atoms with Gasteiger partial charge in [0, 0.05) is 37.0 Å². The molecule has 0 saturated heterocycles. The van der Waals surface area contributed by atoms with Gasteiger partial charge in [0.25, 0.3) is 5.91 Å². The van der Waals surface area contributed by atoms with Crippen molar-refractivity contribution in [3.8, 4) is 6.07 Å². The molecule has 7 nitrogen and oxygen atoms in total. The number of nitrogens with one attached hydrogen (secondary N) is 2. The van der Waals surface area contributed by atoms with Gasteiger partial charge in [-0.25, -0.2) is 9.97 Å². The predicted molar refractivity (Wildman–Crippen MR) is 91.9 cm³/mol. The lowest BCUT2D eigenvalue weighted by molar-refractivity contribution is 0.0950. The van der Waals surface area contributed by atoms with E-state index in [1.807, 2.05) is 12.1 Å². The smallest absolute Gasteiger partial charge is 0.254 e. The van der Waals surface area contributed by atoms with Crippen LogP contribution >= 0.6 is 0 Å². The van der Waals surface area contributed by atoms with Gasteiger partial charge >= 0.3 is 0 Å². The lowest BCUT2D eigenvalue weighted by Crippen LogP contribution is -2.23. The molecule has 2 N–H and O–H groups in total. The molecule has 0 aliphatic carbocycles. The summed E-state index contributed by atoms with van der Waals surface area (Å²) in [6, 6.07) is 12.7. The van der Waals surface area contributed by atoms with E-state index in [9.17, 15) is 4.79 Å². The Morgan fingerprint density at radius 1 is 1.12 bits per heavy atom. The van der Waals surface area contributed by atoms with Gasteiger partial charge in [0.1, 0.15) is 0 Å². The van der Waals surface area contributed by atoms with Crippen LogP contribution in [0.25, 0.3) is 0 Å². The number of nitrogens with zero attached hydrogens (tertiary/aromatic N) is 4. The molecule has 3 rings (SSSR count). The number of carbonyl (C=O) groups excluding carboxylic acids is 1. The first-order valence-corrected chi connectivity index (χ1v) is 7.51. The molecule has 0 fully saturated rings. The van der Waals surface area contributed by atoms with Crippen LogP contribution in [0.15, 0.2) is 61.2 Å². The Labute approximate surface area is 144 Å². The summed E-state index contributed by atoms with van der Waals surface area (Å²) in [7, 11) is 0. The molecule has 0 bridgehead atoms. The second-order valence-corrected chi connectivity index (χ2v) is 5.16. The molecular weight excluding hydrogens is 316 g/mol. The lowest BCUT2D eigenvalue weighted by atomic mass is 10.2. The van der Waals surface area contributed by atoms with Crippen LogP contribution in [0, 0.1) is 11.3 Å². The predicted octanol–water partition coefficient (Wildman–Crippen LogP) is 2.42. The number of carbonyl (C=O) groups is 1. The summed E-state index contributed by atoms with van der Waals surface area (Å²) in [5.74, 6) is 0.0841. The van der Waals surface area contributed by atoms with Crippen molar-refractivity contribution in [3.05, 3.63) is 77.9 Å². The van der Waals surface area contributed by atoms with Gasteiger partial charge in [0.15, 0.2) is 0 Å². The van der Waals surface area contributed by atoms with Crippen molar-refractivity contribution in [1.29, 1.82) is 5.26 Å². The van der Waals surface area contributed by atoms with E-state index in [0.717, 1.165) is 5.56 Å². The Morgan fingerprint density at radius 2 is 1.96 bits per heavy atom. The normalized spacial score (nSPS) is 9.88. The number of hydrogen-bond acceptors (Lipinski definition) is 6. The van der Waals surface area contributed by atoms with E-state index in [4.69, 9.17) is 5.26 Å². The number of benzene rings is 1. The van der Waals surface area contributed by atoms with Crippen molar-refractivity contribution >= 4 is 17.5 Å². The number of aromatic nitrogens is 3. The number of rotatable bonds is 5. The van der Waals surface area contributed by atoms with Gasteiger partial charge in [-0.2, -0.15) is 5.26 Å². The minimum Gasteiger partial charge on any atom is -0.348 e. The van der Waals surface area contributed by atoms with Crippen molar-refractivity contribution in [3.63, 3.8) is 0 Å². The molecule has 0 unspecified atom stereocenters. The van der Waals surface area contributed by atoms with Crippen LogP contribution in [0.2, 0.25) is 0 Å². The van der Waals surface area contributed by atoms with Crippen LogP contribution in [0.4, 0.5) is 11.6 Å². The van der Waals surface area contributed by atoms with E-state index in [1.165, 1.54) is 12.4 Å². The van der Waals surface area contributed by atoms with Gasteiger partial charge < -0.3 is 10.6 Å². The summed E-state index contributed by atoms with van der Waals surface area (Å²) in [6.45, 7) is 0.383. The summed E-state index contributed by atoms with van der Waals surface area (Å²) in [6.07, 6.45) is 6.26. The number of amides is 1. The molecule has 0 aliphatic heterocycles. The molecule has 25 heavy (non-hydrogen) atoms. The second kappa shape index (κ2) is 7.66. The summed E-state index contributed by atoms with van der Waals surface area (Å²) < 4.78 is 0. The lowest BCUT2D eigenvalue weighted by Gasteiger charge is -2.07. The molecule has 7 heteroatoms. The Bertz CT molecular complexity index is 903. The Hall–Kier alpha value is -3.79. The Morgan fingerprint density at radius 3 is 2.68 bits per heavy atom. The van der Waals surface area contributed by atoms with Crippen molar-refractivity contribution in [2.45, 2.75) is 6.54 Å². The topological polar surface area (TPSA) is 104 Å². The van der Waals surface area contributed by atoms with Crippen LogP contribution in [0.3, 0.4) is 0 Å². The SMILES string of the molecule is N#Cc1cccc(Nc2ncc(C(=O)NCc3cccnc3)cn2)c1. The maximum absolute atomic E-state index is 12.1. The first kappa shape index (κ1) is 16.1. The summed E-state index contributed by atoms with van der Waals surface area (Å²) >= 11 is 0. The summed E-state index contributed by atoms with van der Waals surface area (Å²) in [5.41, 5.74) is 2.51. The average Bonchev–Trinajstić information content (AvgIpc) is 2.67. The molecule has 0 saturated carbocycles.